The third-order valence-electron chi connectivity index (χ3n) is 4.44. The van der Waals surface area contributed by atoms with Gasteiger partial charge in [-0.3, -0.25) is 9.69 Å². The first-order chi connectivity index (χ1) is 10.5. The minimum atomic E-state index is -2.99. The Bertz CT molecular complexity index is 613. The quantitative estimate of drug-likeness (QED) is 0.829. The van der Waals surface area contributed by atoms with Crippen molar-refractivity contribution in [2.45, 2.75) is 19.4 Å². The van der Waals surface area contributed by atoms with Crippen LogP contribution in [-0.4, -0.2) is 61.8 Å². The summed E-state index contributed by atoms with van der Waals surface area (Å²) in [5.74, 6) is -0.0592. The van der Waals surface area contributed by atoms with Gasteiger partial charge in [-0.2, -0.15) is 0 Å². The van der Waals surface area contributed by atoms with Crippen LogP contribution in [-0.2, 0) is 21.2 Å². The fourth-order valence-corrected chi connectivity index (χ4v) is 5.70. The lowest BCUT2D eigenvalue weighted by Gasteiger charge is -2.24. The number of carbonyl (C=O) groups excluding carboxylic acids is 1. The largest absolute Gasteiger partial charge is 0.341 e. The molecule has 1 aromatic rings. The summed E-state index contributed by atoms with van der Waals surface area (Å²) in [6, 6.07) is 4.20. The van der Waals surface area contributed by atoms with Crippen molar-refractivity contribution in [3.63, 3.8) is 0 Å². The van der Waals surface area contributed by atoms with Crippen molar-refractivity contribution in [2.75, 3.05) is 37.7 Å². The van der Waals surface area contributed by atoms with E-state index in [2.05, 4.69) is 22.4 Å². The van der Waals surface area contributed by atoms with Gasteiger partial charge in [0.1, 0.15) is 0 Å². The van der Waals surface area contributed by atoms with Crippen LogP contribution in [0.1, 0.15) is 17.7 Å². The van der Waals surface area contributed by atoms with Crippen LogP contribution in [0.5, 0.6) is 0 Å². The molecule has 1 amide bonds. The number of amides is 1. The van der Waals surface area contributed by atoms with Gasteiger partial charge in [-0.1, -0.05) is 6.07 Å². The summed E-state index contributed by atoms with van der Waals surface area (Å²) in [5.41, 5.74) is 0. The zero-order chi connectivity index (χ0) is 15.6. The molecule has 122 valence electrons. The highest BCUT2D eigenvalue weighted by Crippen LogP contribution is 2.22. The third-order valence-corrected chi connectivity index (χ3v) is 7.07. The van der Waals surface area contributed by atoms with Crippen molar-refractivity contribution in [3.05, 3.63) is 22.4 Å². The van der Waals surface area contributed by atoms with E-state index in [1.807, 2.05) is 4.90 Å². The van der Waals surface area contributed by atoms with Gasteiger partial charge in [-0.15, -0.1) is 11.3 Å². The molecule has 3 heterocycles. The lowest BCUT2D eigenvalue weighted by molar-refractivity contribution is -0.134. The minimum absolute atomic E-state index is 0.0408. The molecule has 1 aromatic heterocycles. The Labute approximate surface area is 135 Å². The average molecular weight is 342 g/mol. The maximum absolute atomic E-state index is 12.5. The predicted octanol–water partition coefficient (Wildman–Crippen LogP) is 1.22. The molecular weight excluding hydrogens is 320 g/mol. The summed E-state index contributed by atoms with van der Waals surface area (Å²) in [6.07, 6.45) is 1.45. The number of thiophene rings is 1. The Hall–Kier alpha value is -0.920. The molecule has 2 aliphatic heterocycles. The maximum atomic E-state index is 12.5. The second-order valence-corrected chi connectivity index (χ2v) is 9.40. The minimum Gasteiger partial charge on any atom is -0.341 e. The van der Waals surface area contributed by atoms with E-state index in [0.717, 1.165) is 32.6 Å². The molecule has 0 aliphatic carbocycles. The monoisotopic (exact) mass is 342 g/mol. The Kier molecular flexibility index (Phi) is 4.84. The van der Waals surface area contributed by atoms with Crippen LogP contribution in [0.25, 0.3) is 0 Å². The van der Waals surface area contributed by atoms with Crippen LogP contribution in [0.3, 0.4) is 0 Å². The Morgan fingerprint density at radius 1 is 1.27 bits per heavy atom. The van der Waals surface area contributed by atoms with E-state index < -0.39 is 9.84 Å². The predicted molar refractivity (Wildman–Crippen MR) is 87.6 cm³/mol. The van der Waals surface area contributed by atoms with Crippen LogP contribution in [0.15, 0.2) is 17.5 Å². The molecule has 0 radical (unpaired) electrons. The molecule has 7 heteroatoms. The van der Waals surface area contributed by atoms with E-state index in [0.29, 0.717) is 13.0 Å². The average Bonchev–Trinajstić information content (AvgIpc) is 3.03. The molecule has 3 rings (SSSR count). The van der Waals surface area contributed by atoms with Gasteiger partial charge in [0.15, 0.2) is 9.84 Å². The van der Waals surface area contributed by atoms with Gasteiger partial charge in [-0.25, -0.2) is 8.42 Å². The highest BCUT2D eigenvalue weighted by Gasteiger charge is 2.35. The summed E-state index contributed by atoms with van der Waals surface area (Å²) in [4.78, 5) is 18.1. The van der Waals surface area contributed by atoms with Gasteiger partial charge in [0.2, 0.25) is 5.91 Å². The Balaban J connectivity index is 1.55. The molecule has 2 aliphatic rings. The number of rotatable bonds is 3. The van der Waals surface area contributed by atoms with Gasteiger partial charge in [-0.05, 0) is 24.3 Å². The maximum Gasteiger partial charge on any atom is 0.226 e. The highest BCUT2D eigenvalue weighted by atomic mass is 32.2. The number of nitrogens with zero attached hydrogens (tertiary/aromatic N) is 2. The third kappa shape index (κ3) is 3.88. The van der Waals surface area contributed by atoms with E-state index in [4.69, 9.17) is 0 Å². The van der Waals surface area contributed by atoms with Gasteiger partial charge in [0.05, 0.1) is 17.4 Å². The standard InChI is InChI=1S/C15H22N2O3S2/c18-15(13-4-10-22(19,20)12-13)17-6-2-5-16(7-8-17)11-14-3-1-9-21-14/h1,3,9,13H,2,4-8,10-12H2/t13-/m1/s1. The zero-order valence-electron chi connectivity index (χ0n) is 12.6. The smallest absolute Gasteiger partial charge is 0.226 e. The first-order valence-corrected chi connectivity index (χ1v) is 10.5. The molecule has 0 aromatic carbocycles. The second-order valence-electron chi connectivity index (χ2n) is 6.13. The lowest BCUT2D eigenvalue weighted by atomic mass is 10.1. The van der Waals surface area contributed by atoms with Crippen molar-refractivity contribution in [1.82, 2.24) is 9.80 Å². The lowest BCUT2D eigenvalue weighted by Crippen LogP contribution is -2.39. The van der Waals surface area contributed by atoms with Crippen LogP contribution >= 0.6 is 11.3 Å². The number of hydrogen-bond acceptors (Lipinski definition) is 5. The van der Waals surface area contributed by atoms with E-state index in [1.54, 1.807) is 11.3 Å². The van der Waals surface area contributed by atoms with Crippen LogP contribution in [0.2, 0.25) is 0 Å². The Morgan fingerprint density at radius 2 is 2.14 bits per heavy atom. The van der Waals surface area contributed by atoms with Crippen molar-refractivity contribution in [1.29, 1.82) is 0 Å². The summed E-state index contributed by atoms with van der Waals surface area (Å²) in [6.45, 7) is 4.25. The molecule has 0 saturated carbocycles. The summed E-state index contributed by atoms with van der Waals surface area (Å²) in [5, 5.41) is 2.09. The zero-order valence-corrected chi connectivity index (χ0v) is 14.2. The van der Waals surface area contributed by atoms with Gasteiger partial charge >= 0.3 is 0 Å². The van der Waals surface area contributed by atoms with Crippen molar-refractivity contribution in [3.8, 4) is 0 Å². The molecule has 0 bridgehead atoms. The summed E-state index contributed by atoms with van der Waals surface area (Å²) < 4.78 is 23.1. The number of carbonyl (C=O) groups is 1. The molecule has 1 atom stereocenters. The van der Waals surface area contributed by atoms with E-state index in [1.165, 1.54) is 4.88 Å². The van der Waals surface area contributed by atoms with Crippen molar-refractivity contribution < 1.29 is 13.2 Å². The van der Waals surface area contributed by atoms with Gasteiger partial charge in [0.25, 0.3) is 0 Å². The molecule has 0 unspecified atom stereocenters. The highest BCUT2D eigenvalue weighted by molar-refractivity contribution is 7.91. The van der Waals surface area contributed by atoms with E-state index >= 15 is 0 Å². The molecule has 5 nitrogen and oxygen atoms in total. The van der Waals surface area contributed by atoms with Crippen molar-refractivity contribution >= 4 is 27.1 Å². The first-order valence-electron chi connectivity index (χ1n) is 7.77. The van der Waals surface area contributed by atoms with Crippen LogP contribution in [0.4, 0.5) is 0 Å². The molecule has 0 spiro atoms. The molecule has 2 saturated heterocycles. The fraction of sp³-hybridized carbons (Fsp3) is 0.667. The van der Waals surface area contributed by atoms with Gasteiger partial charge in [0, 0.05) is 37.6 Å². The molecule has 2 fully saturated rings. The van der Waals surface area contributed by atoms with E-state index in [-0.39, 0.29) is 23.3 Å². The Morgan fingerprint density at radius 3 is 2.82 bits per heavy atom. The van der Waals surface area contributed by atoms with Crippen molar-refractivity contribution in [2.24, 2.45) is 5.92 Å². The first kappa shape index (κ1) is 16.0. The summed E-state index contributed by atoms with van der Waals surface area (Å²) >= 11 is 1.76. The summed E-state index contributed by atoms with van der Waals surface area (Å²) in [7, 11) is -2.99. The number of hydrogen-bond donors (Lipinski definition) is 0. The second kappa shape index (κ2) is 6.68. The van der Waals surface area contributed by atoms with Crippen LogP contribution < -0.4 is 0 Å². The van der Waals surface area contributed by atoms with Gasteiger partial charge < -0.3 is 4.90 Å². The molecular formula is C15H22N2O3S2. The molecule has 22 heavy (non-hydrogen) atoms. The topological polar surface area (TPSA) is 57.7 Å². The fourth-order valence-electron chi connectivity index (χ4n) is 3.22. The number of sulfone groups is 1. The molecule has 0 N–H and O–H groups in total. The van der Waals surface area contributed by atoms with E-state index in [9.17, 15) is 13.2 Å². The SMILES string of the molecule is O=C([C@@H]1CCS(=O)(=O)C1)N1CCCN(Cc2cccs2)CC1. The van der Waals surface area contributed by atoms with Crippen LogP contribution in [0, 0.1) is 5.92 Å². The normalized spacial score (nSPS) is 26.0.